The molecule has 0 aliphatic rings. The van der Waals surface area contributed by atoms with Gasteiger partial charge in [-0.25, -0.2) is 26.4 Å². The molecule has 0 aliphatic carbocycles. The Morgan fingerprint density at radius 3 is 2.35 bits per heavy atom. The Kier molecular flexibility index (Phi) is 6.25. The van der Waals surface area contributed by atoms with Gasteiger partial charge in [-0.05, 0) is 26.0 Å². The quantitative estimate of drug-likeness (QED) is 0.762. The monoisotopic (exact) mass is 353 g/mol. The summed E-state index contributed by atoms with van der Waals surface area (Å²) in [6, 6.07) is 0.803. The molecule has 0 atom stereocenters. The Labute approximate surface area is 132 Å². The lowest BCUT2D eigenvalue weighted by Crippen LogP contribution is -2.44. The van der Waals surface area contributed by atoms with E-state index in [9.17, 15) is 26.4 Å². The first-order chi connectivity index (χ1) is 10.5. The van der Waals surface area contributed by atoms with E-state index in [2.05, 4.69) is 10.6 Å². The molecule has 10 heteroatoms. The van der Waals surface area contributed by atoms with Crippen molar-refractivity contribution in [1.82, 2.24) is 10.6 Å². The average molecular weight is 353 g/mol. The van der Waals surface area contributed by atoms with E-state index >= 15 is 0 Å². The lowest BCUT2D eigenvalue weighted by molar-refractivity contribution is 0.239. The van der Waals surface area contributed by atoms with Crippen molar-refractivity contribution < 1.29 is 26.4 Å². The molecule has 0 saturated heterocycles. The van der Waals surface area contributed by atoms with Crippen LogP contribution < -0.4 is 14.9 Å². The van der Waals surface area contributed by atoms with Gasteiger partial charge in [0.05, 0.1) is 18.5 Å². The number of urea groups is 1. The summed E-state index contributed by atoms with van der Waals surface area (Å²) in [4.78, 5) is 11.4. The Morgan fingerprint density at radius 2 is 1.83 bits per heavy atom. The zero-order valence-corrected chi connectivity index (χ0v) is 13.7. The normalized spacial score (nSPS) is 11.4. The van der Waals surface area contributed by atoms with E-state index in [0.29, 0.717) is 10.4 Å². The predicted molar refractivity (Wildman–Crippen MR) is 80.2 cm³/mol. The number of carbonyl (C=O) groups excluding carboxylic acids is 1. The third-order valence-electron chi connectivity index (χ3n) is 2.70. The van der Waals surface area contributed by atoms with E-state index in [1.807, 2.05) is 0 Å². The van der Waals surface area contributed by atoms with Gasteiger partial charge in [0.15, 0.2) is 17.5 Å². The molecule has 0 spiro atoms. The maximum Gasteiger partial charge on any atom is 0.315 e. The SMILES string of the molecule is CC(C)NC(=O)NCCN(c1ccc(F)c(F)c1F)S(C)(=O)=O. The van der Waals surface area contributed by atoms with Gasteiger partial charge in [0.1, 0.15) is 0 Å². The second-order valence-electron chi connectivity index (χ2n) is 5.08. The van der Waals surface area contributed by atoms with Gasteiger partial charge in [0, 0.05) is 12.6 Å². The van der Waals surface area contributed by atoms with Crippen molar-refractivity contribution in [3.8, 4) is 0 Å². The molecule has 0 radical (unpaired) electrons. The fourth-order valence-electron chi connectivity index (χ4n) is 1.76. The van der Waals surface area contributed by atoms with Crippen LogP contribution in [0.1, 0.15) is 13.8 Å². The number of amides is 2. The van der Waals surface area contributed by atoms with Crippen LogP contribution in [0.4, 0.5) is 23.7 Å². The number of sulfonamides is 1. The van der Waals surface area contributed by atoms with Crippen LogP contribution in [0.15, 0.2) is 12.1 Å². The summed E-state index contributed by atoms with van der Waals surface area (Å²) in [5, 5.41) is 4.91. The third kappa shape index (κ3) is 5.31. The highest BCUT2D eigenvalue weighted by Gasteiger charge is 2.24. The van der Waals surface area contributed by atoms with Gasteiger partial charge in [0.25, 0.3) is 0 Å². The fraction of sp³-hybridized carbons (Fsp3) is 0.462. The molecule has 0 aromatic heterocycles. The molecule has 130 valence electrons. The van der Waals surface area contributed by atoms with Gasteiger partial charge in [-0.1, -0.05) is 0 Å². The summed E-state index contributed by atoms with van der Waals surface area (Å²) < 4.78 is 64.1. The number of nitrogens with one attached hydrogen (secondary N) is 2. The van der Waals surface area contributed by atoms with Crippen molar-refractivity contribution in [2.24, 2.45) is 0 Å². The van der Waals surface area contributed by atoms with Gasteiger partial charge >= 0.3 is 6.03 Å². The Balaban J connectivity index is 2.92. The summed E-state index contributed by atoms with van der Waals surface area (Å²) in [5.74, 6) is -4.79. The van der Waals surface area contributed by atoms with E-state index in [-0.39, 0.29) is 19.1 Å². The number of hydrogen-bond acceptors (Lipinski definition) is 3. The van der Waals surface area contributed by atoms with Crippen molar-refractivity contribution in [2.75, 3.05) is 23.7 Å². The molecule has 0 aliphatic heterocycles. The molecule has 0 unspecified atom stereocenters. The molecule has 0 bridgehead atoms. The number of benzene rings is 1. The molecule has 2 amide bonds. The van der Waals surface area contributed by atoms with Crippen molar-refractivity contribution in [1.29, 1.82) is 0 Å². The number of carbonyl (C=O) groups is 1. The standard InChI is InChI=1S/C13H18F3N3O3S/c1-8(2)18-13(20)17-6-7-19(23(3,21)22)10-5-4-9(14)11(15)12(10)16/h4-5,8H,6-7H2,1-3H3,(H2,17,18,20). The molecular weight excluding hydrogens is 335 g/mol. The first-order valence-electron chi connectivity index (χ1n) is 6.69. The lowest BCUT2D eigenvalue weighted by atomic mass is 10.3. The zero-order valence-electron chi connectivity index (χ0n) is 12.9. The second kappa shape index (κ2) is 7.53. The Hall–Kier alpha value is -1.97. The van der Waals surface area contributed by atoms with Gasteiger partial charge < -0.3 is 10.6 Å². The number of rotatable bonds is 6. The molecule has 2 N–H and O–H groups in total. The van der Waals surface area contributed by atoms with Crippen LogP contribution in [0.25, 0.3) is 0 Å². The number of hydrogen-bond donors (Lipinski definition) is 2. The summed E-state index contributed by atoms with van der Waals surface area (Å²) in [7, 11) is -3.96. The van der Waals surface area contributed by atoms with Crippen LogP contribution >= 0.6 is 0 Å². The lowest BCUT2D eigenvalue weighted by Gasteiger charge is -2.23. The van der Waals surface area contributed by atoms with E-state index in [1.54, 1.807) is 13.8 Å². The minimum Gasteiger partial charge on any atom is -0.336 e. The van der Waals surface area contributed by atoms with Crippen LogP contribution in [-0.4, -0.2) is 39.8 Å². The second-order valence-corrected chi connectivity index (χ2v) is 6.99. The summed E-state index contributed by atoms with van der Waals surface area (Å²) in [6.45, 7) is 2.98. The van der Waals surface area contributed by atoms with E-state index < -0.39 is 39.2 Å². The molecule has 0 fully saturated rings. The summed E-state index contributed by atoms with van der Waals surface area (Å²) in [5.41, 5.74) is -0.627. The summed E-state index contributed by atoms with van der Waals surface area (Å²) in [6.07, 6.45) is 0.794. The van der Waals surface area contributed by atoms with Crippen LogP contribution in [0.2, 0.25) is 0 Å². The summed E-state index contributed by atoms with van der Waals surface area (Å²) >= 11 is 0. The largest absolute Gasteiger partial charge is 0.336 e. The molecule has 1 rings (SSSR count). The van der Waals surface area contributed by atoms with Crippen LogP contribution in [0.5, 0.6) is 0 Å². The molecular formula is C13H18F3N3O3S. The highest BCUT2D eigenvalue weighted by Crippen LogP contribution is 2.25. The first kappa shape index (κ1) is 19.1. The van der Waals surface area contributed by atoms with Crippen molar-refractivity contribution in [2.45, 2.75) is 19.9 Å². The predicted octanol–water partition coefficient (Wildman–Crippen LogP) is 1.58. The molecule has 23 heavy (non-hydrogen) atoms. The van der Waals surface area contributed by atoms with E-state index in [0.717, 1.165) is 12.3 Å². The van der Waals surface area contributed by atoms with Crippen LogP contribution in [-0.2, 0) is 10.0 Å². The third-order valence-corrected chi connectivity index (χ3v) is 3.88. The van der Waals surface area contributed by atoms with Gasteiger partial charge in [0.2, 0.25) is 10.0 Å². The molecule has 1 aromatic carbocycles. The Morgan fingerprint density at radius 1 is 1.22 bits per heavy atom. The molecule has 0 saturated carbocycles. The first-order valence-corrected chi connectivity index (χ1v) is 8.54. The fourth-order valence-corrected chi connectivity index (χ4v) is 2.68. The van der Waals surface area contributed by atoms with Crippen molar-refractivity contribution >= 4 is 21.7 Å². The van der Waals surface area contributed by atoms with Crippen molar-refractivity contribution in [3.05, 3.63) is 29.6 Å². The molecule has 0 heterocycles. The van der Waals surface area contributed by atoms with Gasteiger partial charge in [-0.15, -0.1) is 0 Å². The smallest absolute Gasteiger partial charge is 0.315 e. The van der Waals surface area contributed by atoms with Crippen LogP contribution in [0.3, 0.4) is 0 Å². The van der Waals surface area contributed by atoms with Gasteiger partial charge in [-0.2, -0.15) is 0 Å². The highest BCUT2D eigenvalue weighted by molar-refractivity contribution is 7.92. The minimum atomic E-state index is -3.96. The van der Waals surface area contributed by atoms with Gasteiger partial charge in [-0.3, -0.25) is 4.31 Å². The Bertz CT molecular complexity index is 681. The number of halogens is 3. The van der Waals surface area contributed by atoms with E-state index in [4.69, 9.17) is 0 Å². The van der Waals surface area contributed by atoms with Crippen molar-refractivity contribution in [3.63, 3.8) is 0 Å². The molecule has 6 nitrogen and oxygen atoms in total. The zero-order chi connectivity index (χ0) is 17.8. The van der Waals surface area contributed by atoms with E-state index in [1.165, 1.54) is 0 Å². The van der Waals surface area contributed by atoms with Crippen LogP contribution in [0, 0.1) is 17.5 Å². The maximum absolute atomic E-state index is 13.8. The molecule has 1 aromatic rings. The maximum atomic E-state index is 13.8. The topological polar surface area (TPSA) is 78.5 Å². The average Bonchev–Trinajstić information content (AvgIpc) is 2.40. The number of nitrogens with zero attached hydrogens (tertiary/aromatic N) is 1. The minimum absolute atomic E-state index is 0.121. The number of anilines is 1. The highest BCUT2D eigenvalue weighted by atomic mass is 32.2.